The predicted octanol–water partition coefficient (Wildman–Crippen LogP) is 0.996. The van der Waals surface area contributed by atoms with Crippen LogP contribution in [0.4, 0.5) is 0 Å². The highest BCUT2D eigenvalue weighted by atomic mass is 15.0. The summed E-state index contributed by atoms with van der Waals surface area (Å²) in [5.41, 5.74) is 1.09. The van der Waals surface area contributed by atoms with Crippen LogP contribution in [0.3, 0.4) is 0 Å². The molecule has 1 aliphatic heterocycles. The van der Waals surface area contributed by atoms with Gasteiger partial charge in [-0.2, -0.15) is 0 Å². The van der Waals surface area contributed by atoms with E-state index >= 15 is 0 Å². The van der Waals surface area contributed by atoms with Crippen LogP contribution in [0.2, 0.25) is 0 Å². The minimum absolute atomic E-state index is 0.301. The number of nitrogens with zero attached hydrogens (tertiary/aromatic N) is 1. The largest absolute Gasteiger partial charge is 0.378 e. The summed E-state index contributed by atoms with van der Waals surface area (Å²) >= 11 is 0. The van der Waals surface area contributed by atoms with E-state index in [-0.39, 0.29) is 0 Å². The van der Waals surface area contributed by atoms with Crippen LogP contribution in [0, 0.1) is 0 Å². The van der Waals surface area contributed by atoms with E-state index in [1.54, 1.807) is 6.20 Å². The maximum absolute atomic E-state index is 4.19. The predicted molar refractivity (Wildman–Crippen MR) is 41.8 cm³/mol. The van der Waals surface area contributed by atoms with Gasteiger partial charge in [-0.1, -0.05) is 18.2 Å². The molecule has 2 rings (SSSR count). The molecule has 0 fully saturated rings. The van der Waals surface area contributed by atoms with Gasteiger partial charge in [-0.05, 0) is 6.08 Å². The van der Waals surface area contributed by atoms with Gasteiger partial charge < -0.3 is 5.32 Å². The van der Waals surface area contributed by atoms with Crippen LogP contribution in [0.15, 0.2) is 41.7 Å². The van der Waals surface area contributed by atoms with Gasteiger partial charge in [-0.25, -0.2) is 0 Å². The highest BCUT2D eigenvalue weighted by molar-refractivity contribution is 6.02. The second-order valence-electron chi connectivity index (χ2n) is 2.26. The van der Waals surface area contributed by atoms with E-state index < -0.39 is 0 Å². The number of nitrogens with one attached hydrogen (secondary N) is 1. The average Bonchev–Trinajstić information content (AvgIpc) is 2.05. The van der Waals surface area contributed by atoms with Gasteiger partial charge in [0.1, 0.15) is 0 Å². The lowest BCUT2D eigenvalue weighted by Gasteiger charge is -2.17. The number of aliphatic imine (C=N–C) groups is 1. The number of rotatable bonds is 0. The van der Waals surface area contributed by atoms with Crippen LogP contribution in [-0.2, 0) is 0 Å². The standard InChI is InChI=1S/C8H8N2/c1-2-4-8-7(3-1)9-5-6-10-8/h1-7,9H. The minimum Gasteiger partial charge on any atom is -0.378 e. The van der Waals surface area contributed by atoms with Crippen molar-refractivity contribution in [2.24, 2.45) is 4.99 Å². The lowest BCUT2D eigenvalue weighted by Crippen LogP contribution is -2.33. The Hall–Kier alpha value is -1.31. The SMILES string of the molecule is C1=CC2=NC=CNC2C=C1. The van der Waals surface area contributed by atoms with E-state index in [4.69, 9.17) is 0 Å². The summed E-state index contributed by atoms with van der Waals surface area (Å²) < 4.78 is 0. The molecule has 1 N–H and O–H groups in total. The van der Waals surface area contributed by atoms with Crippen molar-refractivity contribution >= 4 is 5.71 Å². The third-order valence-electron chi connectivity index (χ3n) is 1.57. The molecule has 0 aromatic carbocycles. The lowest BCUT2D eigenvalue weighted by atomic mass is 10.1. The zero-order valence-electron chi connectivity index (χ0n) is 5.49. The maximum atomic E-state index is 4.19. The van der Waals surface area contributed by atoms with Gasteiger partial charge in [-0.15, -0.1) is 0 Å². The van der Waals surface area contributed by atoms with Crippen molar-refractivity contribution in [2.45, 2.75) is 6.04 Å². The van der Waals surface area contributed by atoms with Crippen LogP contribution in [0.5, 0.6) is 0 Å². The molecule has 1 atom stereocenters. The van der Waals surface area contributed by atoms with Gasteiger partial charge in [0.2, 0.25) is 0 Å². The zero-order chi connectivity index (χ0) is 6.81. The van der Waals surface area contributed by atoms with Gasteiger partial charge in [-0.3, -0.25) is 4.99 Å². The summed E-state index contributed by atoms with van der Waals surface area (Å²) in [6, 6.07) is 0.301. The molecule has 0 aromatic rings. The summed E-state index contributed by atoms with van der Waals surface area (Å²) in [6.45, 7) is 0. The fourth-order valence-corrected chi connectivity index (χ4v) is 1.07. The Labute approximate surface area is 59.7 Å². The molecule has 0 aromatic heterocycles. The molecule has 0 saturated carbocycles. The number of allylic oxidation sites excluding steroid dienone is 2. The number of hydrogen-bond acceptors (Lipinski definition) is 2. The fourth-order valence-electron chi connectivity index (χ4n) is 1.07. The van der Waals surface area contributed by atoms with Crippen molar-refractivity contribution < 1.29 is 0 Å². The Balaban J connectivity index is 2.34. The molecule has 2 heteroatoms. The van der Waals surface area contributed by atoms with Crippen molar-refractivity contribution in [2.75, 3.05) is 0 Å². The lowest BCUT2D eigenvalue weighted by molar-refractivity contribution is 0.857. The molecule has 0 saturated heterocycles. The zero-order valence-corrected chi connectivity index (χ0v) is 5.49. The van der Waals surface area contributed by atoms with Crippen molar-refractivity contribution in [3.63, 3.8) is 0 Å². The van der Waals surface area contributed by atoms with Crippen molar-refractivity contribution in [3.05, 3.63) is 36.7 Å². The Morgan fingerprint density at radius 2 is 2.40 bits per heavy atom. The Kier molecular flexibility index (Phi) is 1.17. The van der Waals surface area contributed by atoms with Gasteiger partial charge in [0.05, 0.1) is 11.8 Å². The molecule has 0 bridgehead atoms. The summed E-state index contributed by atoms with van der Waals surface area (Å²) in [6.07, 6.45) is 11.8. The molecular weight excluding hydrogens is 124 g/mol. The van der Waals surface area contributed by atoms with E-state index in [1.165, 1.54) is 0 Å². The van der Waals surface area contributed by atoms with Crippen molar-refractivity contribution in [1.29, 1.82) is 0 Å². The average molecular weight is 132 g/mol. The van der Waals surface area contributed by atoms with E-state index in [2.05, 4.69) is 16.4 Å². The smallest absolute Gasteiger partial charge is 0.0868 e. The molecule has 0 radical (unpaired) electrons. The van der Waals surface area contributed by atoms with Crippen LogP contribution in [-0.4, -0.2) is 11.8 Å². The highest BCUT2D eigenvalue weighted by Gasteiger charge is 2.11. The maximum Gasteiger partial charge on any atom is 0.0868 e. The van der Waals surface area contributed by atoms with Gasteiger partial charge >= 0.3 is 0 Å². The molecule has 10 heavy (non-hydrogen) atoms. The van der Waals surface area contributed by atoms with Crippen molar-refractivity contribution in [1.82, 2.24) is 5.32 Å². The second kappa shape index (κ2) is 2.14. The molecule has 2 nitrogen and oxygen atoms in total. The first kappa shape index (κ1) is 5.47. The van der Waals surface area contributed by atoms with E-state index in [1.807, 2.05) is 24.4 Å². The summed E-state index contributed by atoms with van der Waals surface area (Å²) in [4.78, 5) is 4.19. The first-order chi connectivity index (χ1) is 4.97. The molecule has 0 spiro atoms. The molecule has 50 valence electrons. The third-order valence-corrected chi connectivity index (χ3v) is 1.57. The van der Waals surface area contributed by atoms with Gasteiger partial charge in [0.15, 0.2) is 0 Å². The van der Waals surface area contributed by atoms with Crippen LogP contribution in [0.25, 0.3) is 0 Å². The van der Waals surface area contributed by atoms with E-state index in [9.17, 15) is 0 Å². The van der Waals surface area contributed by atoms with E-state index in [0.717, 1.165) is 5.71 Å². The van der Waals surface area contributed by atoms with Crippen molar-refractivity contribution in [3.8, 4) is 0 Å². The minimum atomic E-state index is 0.301. The first-order valence-electron chi connectivity index (χ1n) is 3.30. The monoisotopic (exact) mass is 132 g/mol. The number of fused-ring (bicyclic) bond motifs is 1. The summed E-state index contributed by atoms with van der Waals surface area (Å²) in [7, 11) is 0. The topological polar surface area (TPSA) is 24.4 Å². The Bertz CT molecular complexity index is 246. The second-order valence-corrected chi connectivity index (χ2v) is 2.26. The molecular formula is C8H8N2. The van der Waals surface area contributed by atoms with Crippen LogP contribution in [0.1, 0.15) is 0 Å². The molecule has 1 unspecified atom stereocenters. The quantitative estimate of drug-likeness (QED) is 0.522. The molecule has 2 aliphatic rings. The van der Waals surface area contributed by atoms with Crippen LogP contribution >= 0.6 is 0 Å². The first-order valence-corrected chi connectivity index (χ1v) is 3.30. The summed E-state index contributed by atoms with van der Waals surface area (Å²) in [5.74, 6) is 0. The normalized spacial score (nSPS) is 27.2. The summed E-state index contributed by atoms with van der Waals surface area (Å²) in [5, 5.41) is 3.17. The number of hydrogen-bond donors (Lipinski definition) is 1. The molecule has 0 amide bonds. The van der Waals surface area contributed by atoms with Crippen LogP contribution < -0.4 is 5.32 Å². The Morgan fingerprint density at radius 3 is 3.30 bits per heavy atom. The Morgan fingerprint density at radius 1 is 1.40 bits per heavy atom. The third kappa shape index (κ3) is 0.778. The van der Waals surface area contributed by atoms with Gasteiger partial charge in [0.25, 0.3) is 0 Å². The molecule has 1 aliphatic carbocycles. The molecule has 1 heterocycles. The highest BCUT2D eigenvalue weighted by Crippen LogP contribution is 2.04. The fraction of sp³-hybridized carbons (Fsp3) is 0.125. The van der Waals surface area contributed by atoms with Gasteiger partial charge in [0, 0.05) is 12.4 Å². The van der Waals surface area contributed by atoms with E-state index in [0.29, 0.717) is 6.04 Å².